The van der Waals surface area contributed by atoms with E-state index >= 15 is 0 Å². The first kappa shape index (κ1) is 41.1. The maximum atomic E-state index is 12.9. The van der Waals surface area contributed by atoms with Crippen LogP contribution in [0.2, 0.25) is 6.04 Å². The molecule has 2 atom stereocenters. The van der Waals surface area contributed by atoms with Gasteiger partial charge in [0.15, 0.2) is 0 Å². The number of carbonyl (C=O) groups excluding carboxylic acids is 2. The topological polar surface area (TPSA) is 126 Å². The van der Waals surface area contributed by atoms with Gasteiger partial charge in [0, 0.05) is 45.0 Å². The van der Waals surface area contributed by atoms with E-state index in [-0.39, 0.29) is 29.5 Å². The van der Waals surface area contributed by atoms with Crippen molar-refractivity contribution in [1.29, 1.82) is 0 Å². The van der Waals surface area contributed by atoms with E-state index in [1.807, 2.05) is 27.7 Å². The Morgan fingerprint density at radius 1 is 0.889 bits per heavy atom. The Hall–Kier alpha value is -1.96. The summed E-state index contributed by atoms with van der Waals surface area (Å²) in [6.45, 7) is 26.1. The highest BCUT2D eigenvalue weighted by atomic mass is 28.4. The van der Waals surface area contributed by atoms with E-state index in [4.69, 9.17) is 27.5 Å². The summed E-state index contributed by atoms with van der Waals surface area (Å²) in [6.07, 6.45) is 6.81. The van der Waals surface area contributed by atoms with Gasteiger partial charge in [0.1, 0.15) is 6.61 Å². The molecule has 262 valence electrons. The predicted molar refractivity (Wildman–Crippen MR) is 180 cm³/mol. The zero-order valence-corrected chi connectivity index (χ0v) is 30.2. The van der Waals surface area contributed by atoms with E-state index in [2.05, 4.69) is 49.9 Å². The molecule has 1 saturated carbocycles. The number of urea groups is 1. The van der Waals surface area contributed by atoms with Crippen LogP contribution >= 0.6 is 0 Å². The SMILES string of the molecule is C=CCOCC(CC)(COCC=C)COC(=O)NCC1(C)CC(NC(=O)NCCC[Si](OCC)(OCC)OCC)CC(C)(C)C1. The first-order chi connectivity index (χ1) is 21.4. The van der Waals surface area contributed by atoms with E-state index in [9.17, 15) is 9.59 Å². The lowest BCUT2D eigenvalue weighted by atomic mass is 9.62. The number of nitrogens with one attached hydrogen (secondary N) is 3. The average Bonchev–Trinajstić information content (AvgIpc) is 2.96. The van der Waals surface area contributed by atoms with Gasteiger partial charge in [0.05, 0.1) is 31.8 Å². The summed E-state index contributed by atoms with van der Waals surface area (Å²) in [5, 5.41) is 9.15. The average molecular weight is 658 g/mol. The molecule has 0 radical (unpaired) electrons. The van der Waals surface area contributed by atoms with Gasteiger partial charge in [-0.05, 0) is 63.7 Å². The van der Waals surface area contributed by atoms with E-state index in [0.717, 1.165) is 19.3 Å². The van der Waals surface area contributed by atoms with E-state index < -0.39 is 20.3 Å². The lowest BCUT2D eigenvalue weighted by Crippen LogP contribution is -2.52. The van der Waals surface area contributed by atoms with E-state index in [0.29, 0.717) is 78.2 Å². The summed E-state index contributed by atoms with van der Waals surface area (Å²) < 4.78 is 34.9. The third-order valence-corrected chi connectivity index (χ3v) is 11.2. The minimum atomic E-state index is -2.74. The normalized spacial score (nSPS) is 19.8. The fraction of sp³-hybridized carbons (Fsp3) is 0.818. The van der Waals surface area contributed by atoms with Crippen LogP contribution < -0.4 is 16.0 Å². The van der Waals surface area contributed by atoms with Gasteiger partial charge in [-0.1, -0.05) is 39.8 Å². The summed E-state index contributed by atoms with van der Waals surface area (Å²) >= 11 is 0. The molecule has 0 bridgehead atoms. The molecule has 45 heavy (non-hydrogen) atoms. The Bertz CT molecular complexity index is 859. The van der Waals surface area contributed by atoms with Crippen LogP contribution in [0.1, 0.15) is 80.6 Å². The molecular weight excluding hydrogens is 594 g/mol. The zero-order chi connectivity index (χ0) is 33.8. The van der Waals surface area contributed by atoms with Crippen molar-refractivity contribution in [2.75, 3.05) is 65.9 Å². The van der Waals surface area contributed by atoms with Crippen LogP contribution in [0.4, 0.5) is 9.59 Å². The minimum absolute atomic E-state index is 0.0173. The Morgan fingerprint density at radius 2 is 1.47 bits per heavy atom. The van der Waals surface area contributed by atoms with Crippen LogP contribution in [0.3, 0.4) is 0 Å². The Balaban J connectivity index is 2.68. The lowest BCUT2D eigenvalue weighted by molar-refractivity contribution is -0.0466. The highest BCUT2D eigenvalue weighted by molar-refractivity contribution is 6.60. The fourth-order valence-corrected chi connectivity index (χ4v) is 8.93. The number of ether oxygens (including phenoxy) is 3. The first-order valence-electron chi connectivity index (χ1n) is 16.6. The molecule has 12 heteroatoms. The van der Waals surface area contributed by atoms with Crippen molar-refractivity contribution in [2.45, 2.75) is 92.7 Å². The molecule has 11 nitrogen and oxygen atoms in total. The second kappa shape index (κ2) is 21.0. The van der Waals surface area contributed by atoms with Crippen LogP contribution in [-0.2, 0) is 27.5 Å². The highest BCUT2D eigenvalue weighted by Crippen LogP contribution is 2.45. The number of alkyl carbamates (subject to hydrolysis) is 1. The second-order valence-corrected chi connectivity index (χ2v) is 15.9. The van der Waals surface area contributed by atoms with Crippen LogP contribution in [-0.4, -0.2) is 92.9 Å². The quantitative estimate of drug-likeness (QED) is 0.0672. The number of hydrogen-bond donors (Lipinski definition) is 3. The van der Waals surface area contributed by atoms with Crippen molar-refractivity contribution in [1.82, 2.24) is 16.0 Å². The molecule has 0 aliphatic heterocycles. The maximum absolute atomic E-state index is 12.9. The molecule has 0 aromatic carbocycles. The van der Waals surface area contributed by atoms with Crippen molar-refractivity contribution in [3.63, 3.8) is 0 Å². The van der Waals surface area contributed by atoms with Crippen molar-refractivity contribution in [3.8, 4) is 0 Å². The molecule has 0 aromatic rings. The standard InChI is InChI=1S/C33H63N3O8Si/c1-10-18-39-25-33(12-3,26-40-19-11-2)27-41-30(38)35-24-32(9)22-28(21-31(7,8)23-32)36-29(37)34-17-16-20-45(42-13-4,43-14-5)44-15-6/h10-11,28H,1-2,12-27H2,3-9H3,(H,35,38)(H2,34,36,37). The summed E-state index contributed by atoms with van der Waals surface area (Å²) in [7, 11) is -2.74. The number of carbonyl (C=O) groups is 2. The summed E-state index contributed by atoms with van der Waals surface area (Å²) in [4.78, 5) is 25.7. The monoisotopic (exact) mass is 657 g/mol. The van der Waals surface area contributed by atoms with Crippen LogP contribution in [0, 0.1) is 16.2 Å². The van der Waals surface area contributed by atoms with Crippen molar-refractivity contribution < 1.29 is 37.1 Å². The van der Waals surface area contributed by atoms with Gasteiger partial charge in [0.2, 0.25) is 0 Å². The van der Waals surface area contributed by atoms with E-state index in [1.165, 1.54) is 0 Å². The number of amides is 3. The largest absolute Gasteiger partial charge is 0.500 e. The first-order valence-corrected chi connectivity index (χ1v) is 18.5. The molecule has 0 spiro atoms. The van der Waals surface area contributed by atoms with Crippen molar-refractivity contribution >= 4 is 20.9 Å². The Kier molecular flexibility index (Phi) is 19.2. The third-order valence-electron chi connectivity index (χ3n) is 8.02. The number of rotatable bonds is 24. The summed E-state index contributed by atoms with van der Waals surface area (Å²) in [5.74, 6) is 0. The van der Waals surface area contributed by atoms with Crippen LogP contribution in [0.15, 0.2) is 25.3 Å². The second-order valence-electron chi connectivity index (χ2n) is 13.1. The molecule has 1 aliphatic carbocycles. The van der Waals surface area contributed by atoms with Crippen molar-refractivity contribution in [3.05, 3.63) is 25.3 Å². The van der Waals surface area contributed by atoms with Gasteiger partial charge < -0.3 is 43.4 Å². The fourth-order valence-electron chi connectivity index (χ4n) is 6.32. The maximum Gasteiger partial charge on any atom is 0.500 e. The van der Waals surface area contributed by atoms with Gasteiger partial charge in [-0.25, -0.2) is 9.59 Å². The van der Waals surface area contributed by atoms with Crippen LogP contribution in [0.5, 0.6) is 0 Å². The van der Waals surface area contributed by atoms with Crippen molar-refractivity contribution in [2.24, 2.45) is 16.2 Å². The van der Waals surface area contributed by atoms with Gasteiger partial charge in [-0.15, -0.1) is 13.2 Å². The molecule has 3 N–H and O–H groups in total. The molecular formula is C33H63N3O8Si. The van der Waals surface area contributed by atoms with Crippen LogP contribution in [0.25, 0.3) is 0 Å². The Morgan fingerprint density at radius 3 is 1.98 bits per heavy atom. The molecule has 0 aromatic heterocycles. The summed E-state index contributed by atoms with van der Waals surface area (Å²) in [5.41, 5.74) is -0.712. The predicted octanol–water partition coefficient (Wildman–Crippen LogP) is 5.84. The highest BCUT2D eigenvalue weighted by Gasteiger charge is 2.42. The Labute approximate surface area is 273 Å². The molecule has 1 aliphatic rings. The van der Waals surface area contributed by atoms with Gasteiger partial charge in [0.25, 0.3) is 0 Å². The molecule has 2 unspecified atom stereocenters. The third kappa shape index (κ3) is 15.9. The molecule has 1 rings (SSSR count). The van der Waals surface area contributed by atoms with Gasteiger partial charge >= 0.3 is 20.9 Å². The zero-order valence-electron chi connectivity index (χ0n) is 29.2. The number of hydrogen-bond acceptors (Lipinski definition) is 8. The van der Waals surface area contributed by atoms with Gasteiger partial charge in [-0.3, -0.25) is 0 Å². The molecule has 0 heterocycles. The molecule has 1 fully saturated rings. The van der Waals surface area contributed by atoms with E-state index in [1.54, 1.807) is 12.2 Å². The minimum Gasteiger partial charge on any atom is -0.449 e. The smallest absolute Gasteiger partial charge is 0.449 e. The summed E-state index contributed by atoms with van der Waals surface area (Å²) in [6, 6.07) is 0.413. The molecule has 0 saturated heterocycles. The van der Waals surface area contributed by atoms with Gasteiger partial charge in [-0.2, -0.15) is 0 Å². The lowest BCUT2D eigenvalue weighted by Gasteiger charge is -2.46. The molecule has 3 amide bonds.